The van der Waals surface area contributed by atoms with Crippen molar-refractivity contribution in [3.05, 3.63) is 48.0 Å². The van der Waals surface area contributed by atoms with E-state index in [-0.39, 0.29) is 11.7 Å². The van der Waals surface area contributed by atoms with Crippen LogP contribution in [0.4, 0.5) is 11.8 Å². The molecule has 21 heavy (non-hydrogen) atoms. The predicted octanol–water partition coefficient (Wildman–Crippen LogP) is 2.37. The van der Waals surface area contributed by atoms with Crippen molar-refractivity contribution in [2.45, 2.75) is 13.3 Å². The van der Waals surface area contributed by atoms with Crippen LogP contribution in [0.15, 0.2) is 36.9 Å². The average molecular weight is 282 g/mol. The molecule has 108 valence electrons. The summed E-state index contributed by atoms with van der Waals surface area (Å²) in [6.07, 6.45) is 1.68. The van der Waals surface area contributed by atoms with Crippen molar-refractivity contribution in [3.8, 4) is 11.3 Å². The molecule has 2 rings (SSSR count). The number of nitrogen functional groups attached to an aromatic ring is 1. The quantitative estimate of drug-likeness (QED) is 0.823. The summed E-state index contributed by atoms with van der Waals surface area (Å²) in [6, 6.07) is 7.63. The number of aromatic nitrogens is 2. The van der Waals surface area contributed by atoms with Gasteiger partial charge in [0.05, 0.1) is 5.69 Å². The Morgan fingerprint density at radius 1 is 1.43 bits per heavy atom. The SMILES string of the molecule is C=CC(=O)Cc1cccc(-c2cc(NC)nc(N)n2)c1C. The van der Waals surface area contributed by atoms with Gasteiger partial charge in [-0.05, 0) is 24.1 Å². The molecule has 0 spiro atoms. The lowest BCUT2D eigenvalue weighted by Gasteiger charge is -2.11. The Kier molecular flexibility index (Phi) is 4.33. The van der Waals surface area contributed by atoms with E-state index < -0.39 is 0 Å². The molecule has 1 aromatic heterocycles. The summed E-state index contributed by atoms with van der Waals surface area (Å²) >= 11 is 0. The van der Waals surface area contributed by atoms with E-state index in [1.54, 1.807) is 7.05 Å². The fourth-order valence-corrected chi connectivity index (χ4v) is 2.14. The van der Waals surface area contributed by atoms with Gasteiger partial charge in [-0.3, -0.25) is 4.79 Å². The number of allylic oxidation sites excluding steroid dienone is 1. The number of nitrogens with two attached hydrogens (primary N) is 1. The van der Waals surface area contributed by atoms with Crippen LogP contribution in [0.5, 0.6) is 0 Å². The Hall–Kier alpha value is -2.69. The number of nitrogens with one attached hydrogen (secondary N) is 1. The van der Waals surface area contributed by atoms with Crippen molar-refractivity contribution in [1.29, 1.82) is 0 Å². The zero-order valence-electron chi connectivity index (χ0n) is 12.2. The van der Waals surface area contributed by atoms with Crippen LogP contribution in [-0.2, 0) is 11.2 Å². The normalized spacial score (nSPS) is 10.2. The van der Waals surface area contributed by atoms with E-state index in [2.05, 4.69) is 21.9 Å². The first-order valence-corrected chi connectivity index (χ1v) is 6.61. The minimum atomic E-state index is -0.00614. The second-order valence-electron chi connectivity index (χ2n) is 4.68. The summed E-state index contributed by atoms with van der Waals surface area (Å²) in [7, 11) is 1.78. The Morgan fingerprint density at radius 2 is 2.19 bits per heavy atom. The fourth-order valence-electron chi connectivity index (χ4n) is 2.14. The molecule has 0 saturated carbocycles. The minimum Gasteiger partial charge on any atom is -0.373 e. The maximum absolute atomic E-state index is 11.6. The monoisotopic (exact) mass is 282 g/mol. The lowest BCUT2D eigenvalue weighted by Crippen LogP contribution is -2.04. The molecule has 0 aliphatic heterocycles. The van der Waals surface area contributed by atoms with Crippen molar-refractivity contribution in [1.82, 2.24) is 9.97 Å². The number of carbonyl (C=O) groups excluding carboxylic acids is 1. The predicted molar refractivity (Wildman–Crippen MR) is 85.1 cm³/mol. The molecule has 5 heteroatoms. The lowest BCUT2D eigenvalue weighted by atomic mass is 9.96. The number of benzene rings is 1. The average Bonchev–Trinajstić information content (AvgIpc) is 2.48. The first-order valence-electron chi connectivity index (χ1n) is 6.61. The largest absolute Gasteiger partial charge is 0.373 e. The molecule has 2 aromatic rings. The van der Waals surface area contributed by atoms with Crippen LogP contribution in [0.3, 0.4) is 0 Å². The molecule has 0 atom stereocenters. The molecule has 0 fully saturated rings. The first kappa shape index (κ1) is 14.7. The molecular weight excluding hydrogens is 264 g/mol. The highest BCUT2D eigenvalue weighted by molar-refractivity contribution is 5.91. The van der Waals surface area contributed by atoms with Crippen LogP contribution >= 0.6 is 0 Å². The van der Waals surface area contributed by atoms with Crippen LogP contribution in [0.1, 0.15) is 11.1 Å². The smallest absolute Gasteiger partial charge is 0.222 e. The Morgan fingerprint density at radius 3 is 2.86 bits per heavy atom. The van der Waals surface area contributed by atoms with Gasteiger partial charge in [0.2, 0.25) is 5.95 Å². The first-order chi connectivity index (χ1) is 10.0. The van der Waals surface area contributed by atoms with Crippen molar-refractivity contribution in [2.75, 3.05) is 18.1 Å². The molecule has 0 bridgehead atoms. The van der Waals surface area contributed by atoms with E-state index >= 15 is 0 Å². The standard InChI is InChI=1S/C16H18N4O/c1-4-12(21)8-11-6-5-7-13(10(11)2)14-9-15(18-3)20-16(17)19-14/h4-7,9H,1,8H2,2-3H3,(H3,17,18,19,20). The van der Waals surface area contributed by atoms with E-state index in [1.807, 2.05) is 31.2 Å². The summed E-state index contributed by atoms with van der Waals surface area (Å²) < 4.78 is 0. The topological polar surface area (TPSA) is 80.9 Å². The van der Waals surface area contributed by atoms with Gasteiger partial charge in [-0.2, -0.15) is 4.98 Å². The van der Waals surface area contributed by atoms with Gasteiger partial charge >= 0.3 is 0 Å². The Balaban J connectivity index is 2.49. The second kappa shape index (κ2) is 6.17. The Labute approximate surface area is 123 Å². The van der Waals surface area contributed by atoms with Crippen molar-refractivity contribution in [2.24, 2.45) is 0 Å². The molecule has 0 unspecified atom stereocenters. The second-order valence-corrected chi connectivity index (χ2v) is 4.68. The van der Waals surface area contributed by atoms with Gasteiger partial charge in [-0.15, -0.1) is 0 Å². The van der Waals surface area contributed by atoms with Gasteiger partial charge in [-0.1, -0.05) is 24.8 Å². The van der Waals surface area contributed by atoms with Gasteiger partial charge in [0.1, 0.15) is 5.82 Å². The van der Waals surface area contributed by atoms with Gasteiger partial charge < -0.3 is 11.1 Å². The number of anilines is 2. The van der Waals surface area contributed by atoms with E-state index in [9.17, 15) is 4.79 Å². The highest BCUT2D eigenvalue weighted by Crippen LogP contribution is 2.26. The number of carbonyl (C=O) groups is 1. The van der Waals surface area contributed by atoms with E-state index in [1.165, 1.54) is 6.08 Å². The summed E-state index contributed by atoms with van der Waals surface area (Å²) in [6.45, 7) is 5.48. The van der Waals surface area contributed by atoms with Crippen LogP contribution in [0.2, 0.25) is 0 Å². The molecule has 5 nitrogen and oxygen atoms in total. The molecule has 0 amide bonds. The molecule has 0 aliphatic carbocycles. The zero-order chi connectivity index (χ0) is 15.4. The van der Waals surface area contributed by atoms with E-state index in [0.717, 1.165) is 22.4 Å². The number of ketones is 1. The van der Waals surface area contributed by atoms with E-state index in [0.29, 0.717) is 12.2 Å². The maximum Gasteiger partial charge on any atom is 0.222 e. The summed E-state index contributed by atoms with van der Waals surface area (Å²) in [5.74, 6) is 0.863. The van der Waals surface area contributed by atoms with E-state index in [4.69, 9.17) is 5.73 Å². The number of hydrogen-bond acceptors (Lipinski definition) is 5. The molecule has 0 saturated heterocycles. The summed E-state index contributed by atoms with van der Waals surface area (Å²) in [5.41, 5.74) is 9.37. The Bertz CT molecular complexity index is 695. The highest BCUT2D eigenvalue weighted by atomic mass is 16.1. The molecule has 0 aliphatic rings. The third kappa shape index (κ3) is 3.25. The van der Waals surface area contributed by atoms with Crippen molar-refractivity contribution >= 4 is 17.5 Å². The molecule has 0 radical (unpaired) electrons. The molecule has 1 heterocycles. The van der Waals surface area contributed by atoms with Gasteiger partial charge in [-0.25, -0.2) is 4.98 Å². The zero-order valence-corrected chi connectivity index (χ0v) is 12.2. The fraction of sp³-hybridized carbons (Fsp3) is 0.188. The maximum atomic E-state index is 11.6. The summed E-state index contributed by atoms with van der Waals surface area (Å²) in [5, 5.41) is 2.95. The van der Waals surface area contributed by atoms with Crippen molar-refractivity contribution in [3.63, 3.8) is 0 Å². The van der Waals surface area contributed by atoms with Crippen LogP contribution < -0.4 is 11.1 Å². The number of rotatable bonds is 5. The summed E-state index contributed by atoms with van der Waals surface area (Å²) in [4.78, 5) is 19.9. The molecule has 3 N–H and O–H groups in total. The third-order valence-corrected chi connectivity index (χ3v) is 3.31. The van der Waals surface area contributed by atoms with Crippen LogP contribution in [-0.4, -0.2) is 22.8 Å². The highest BCUT2D eigenvalue weighted by Gasteiger charge is 2.11. The van der Waals surface area contributed by atoms with Gasteiger partial charge in [0, 0.05) is 25.1 Å². The van der Waals surface area contributed by atoms with Crippen molar-refractivity contribution < 1.29 is 4.79 Å². The van der Waals surface area contributed by atoms with Crippen LogP contribution in [0, 0.1) is 6.92 Å². The number of hydrogen-bond donors (Lipinski definition) is 2. The molecular formula is C16H18N4O. The minimum absolute atomic E-state index is 0.00614. The van der Waals surface area contributed by atoms with Gasteiger partial charge in [0.15, 0.2) is 5.78 Å². The van der Waals surface area contributed by atoms with Gasteiger partial charge in [0.25, 0.3) is 0 Å². The van der Waals surface area contributed by atoms with Crippen LogP contribution in [0.25, 0.3) is 11.3 Å². The third-order valence-electron chi connectivity index (χ3n) is 3.31. The molecule has 1 aromatic carbocycles. The number of nitrogens with zero attached hydrogens (tertiary/aromatic N) is 2. The lowest BCUT2D eigenvalue weighted by molar-refractivity contribution is -0.114.